The number of nitrogens with zero attached hydrogens (tertiary/aromatic N) is 1. The van der Waals surface area contributed by atoms with Crippen LogP contribution in [0.2, 0.25) is 5.02 Å². The topological polar surface area (TPSA) is 29.5 Å². The molecule has 0 saturated carbocycles. The number of benzene rings is 2. The van der Waals surface area contributed by atoms with Gasteiger partial charge in [-0.15, -0.1) is 0 Å². The third-order valence-corrected chi connectivity index (χ3v) is 5.17. The Hall–Kier alpha value is -1.82. The number of carbonyl (C=O) groups is 1. The van der Waals surface area contributed by atoms with E-state index in [9.17, 15) is 4.79 Å². The molecule has 0 aromatic heterocycles. The van der Waals surface area contributed by atoms with Crippen molar-refractivity contribution in [2.45, 2.75) is 6.54 Å². The molecular weight excluding hydrogens is 362 g/mol. The number of hydrogen-bond acceptors (Lipinski definition) is 4. The first-order chi connectivity index (χ1) is 11.6. The van der Waals surface area contributed by atoms with E-state index in [0.717, 1.165) is 16.9 Å². The van der Waals surface area contributed by atoms with Gasteiger partial charge in [0.1, 0.15) is 10.1 Å². The molecule has 0 aliphatic carbocycles. The van der Waals surface area contributed by atoms with Crippen molar-refractivity contribution in [1.82, 2.24) is 4.90 Å². The fraction of sp³-hybridized carbons (Fsp3) is 0.111. The number of methoxy groups -OCH3 is 1. The van der Waals surface area contributed by atoms with Crippen LogP contribution >= 0.6 is 35.6 Å². The average Bonchev–Trinajstić information content (AvgIpc) is 2.85. The number of rotatable bonds is 4. The van der Waals surface area contributed by atoms with Crippen molar-refractivity contribution in [1.29, 1.82) is 0 Å². The van der Waals surface area contributed by atoms with Crippen LogP contribution in [-0.2, 0) is 11.3 Å². The van der Waals surface area contributed by atoms with Crippen molar-refractivity contribution in [3.8, 4) is 5.75 Å². The monoisotopic (exact) mass is 375 g/mol. The lowest BCUT2D eigenvalue weighted by Crippen LogP contribution is -2.27. The van der Waals surface area contributed by atoms with Crippen LogP contribution in [-0.4, -0.2) is 22.2 Å². The summed E-state index contributed by atoms with van der Waals surface area (Å²) in [4.78, 5) is 14.8. The van der Waals surface area contributed by atoms with E-state index in [2.05, 4.69) is 0 Å². The Morgan fingerprint density at radius 1 is 1.17 bits per heavy atom. The normalized spacial score (nSPS) is 16.1. The highest BCUT2D eigenvalue weighted by Crippen LogP contribution is 2.33. The first-order valence-corrected chi connectivity index (χ1v) is 8.81. The van der Waals surface area contributed by atoms with Crippen LogP contribution in [0.3, 0.4) is 0 Å². The highest BCUT2D eigenvalue weighted by atomic mass is 35.5. The summed E-state index contributed by atoms with van der Waals surface area (Å²) >= 11 is 12.6. The Kier molecular flexibility index (Phi) is 5.23. The van der Waals surface area contributed by atoms with Gasteiger partial charge in [-0.25, -0.2) is 0 Å². The molecule has 1 aliphatic heterocycles. The van der Waals surface area contributed by atoms with Gasteiger partial charge in [-0.05, 0) is 41.5 Å². The first kappa shape index (κ1) is 17.0. The summed E-state index contributed by atoms with van der Waals surface area (Å²) in [5, 5.41) is 0.666. The molecule has 0 radical (unpaired) electrons. The van der Waals surface area contributed by atoms with Gasteiger partial charge in [0.05, 0.1) is 18.6 Å². The van der Waals surface area contributed by atoms with Gasteiger partial charge in [0, 0.05) is 5.02 Å². The van der Waals surface area contributed by atoms with E-state index in [0.29, 0.717) is 20.8 Å². The number of thioether (sulfide) groups is 1. The lowest BCUT2D eigenvalue weighted by Gasteiger charge is -2.14. The predicted octanol–water partition coefficient (Wildman–Crippen LogP) is 4.75. The van der Waals surface area contributed by atoms with E-state index in [4.69, 9.17) is 28.6 Å². The van der Waals surface area contributed by atoms with Crippen molar-refractivity contribution in [3.05, 3.63) is 69.6 Å². The predicted molar refractivity (Wildman–Crippen MR) is 103 cm³/mol. The van der Waals surface area contributed by atoms with Crippen molar-refractivity contribution < 1.29 is 9.53 Å². The highest BCUT2D eigenvalue weighted by Gasteiger charge is 2.31. The van der Waals surface area contributed by atoms with Crippen molar-refractivity contribution in [3.63, 3.8) is 0 Å². The molecule has 2 aromatic rings. The van der Waals surface area contributed by atoms with Crippen LogP contribution < -0.4 is 4.74 Å². The molecule has 0 spiro atoms. The molecule has 0 atom stereocenters. The maximum Gasteiger partial charge on any atom is 0.266 e. The first-order valence-electron chi connectivity index (χ1n) is 7.20. The number of amides is 1. The molecule has 122 valence electrons. The largest absolute Gasteiger partial charge is 0.497 e. The van der Waals surface area contributed by atoms with Crippen molar-refractivity contribution in [2.24, 2.45) is 0 Å². The van der Waals surface area contributed by atoms with E-state index >= 15 is 0 Å². The summed E-state index contributed by atoms with van der Waals surface area (Å²) in [6, 6.07) is 14.9. The summed E-state index contributed by atoms with van der Waals surface area (Å²) < 4.78 is 5.71. The lowest BCUT2D eigenvalue weighted by molar-refractivity contribution is -0.122. The van der Waals surface area contributed by atoms with Gasteiger partial charge in [0.2, 0.25) is 0 Å². The summed E-state index contributed by atoms with van der Waals surface area (Å²) in [5.41, 5.74) is 1.92. The Morgan fingerprint density at radius 3 is 2.46 bits per heavy atom. The maximum absolute atomic E-state index is 12.6. The zero-order chi connectivity index (χ0) is 17.1. The van der Waals surface area contributed by atoms with Gasteiger partial charge in [0.15, 0.2) is 0 Å². The Bertz CT molecular complexity index is 801. The summed E-state index contributed by atoms with van der Waals surface area (Å²) in [7, 11) is 1.62. The molecule has 2 aromatic carbocycles. The smallest absolute Gasteiger partial charge is 0.266 e. The Balaban J connectivity index is 1.77. The Labute approximate surface area is 155 Å². The molecule has 6 heteroatoms. The third kappa shape index (κ3) is 3.80. The second-order valence-electron chi connectivity index (χ2n) is 5.17. The number of carbonyl (C=O) groups excluding carboxylic acids is 1. The van der Waals surface area contributed by atoms with Gasteiger partial charge in [-0.2, -0.15) is 0 Å². The van der Waals surface area contributed by atoms with Crippen LogP contribution in [0.25, 0.3) is 6.08 Å². The SMILES string of the molecule is COc1ccc(CN2C(=O)/C(=C/c3ccc(Cl)cc3)SC2=S)cc1. The van der Waals surface area contributed by atoms with E-state index < -0.39 is 0 Å². The van der Waals surface area contributed by atoms with E-state index in [1.165, 1.54) is 11.8 Å². The molecular formula is C18H14ClNO2S2. The molecule has 0 unspecified atom stereocenters. The Morgan fingerprint density at radius 2 is 1.83 bits per heavy atom. The zero-order valence-electron chi connectivity index (χ0n) is 12.9. The van der Waals surface area contributed by atoms with Crippen LogP contribution in [0, 0.1) is 0 Å². The van der Waals surface area contributed by atoms with Gasteiger partial charge in [-0.1, -0.05) is 59.8 Å². The van der Waals surface area contributed by atoms with E-state index in [-0.39, 0.29) is 5.91 Å². The van der Waals surface area contributed by atoms with Crippen LogP contribution in [0.15, 0.2) is 53.4 Å². The fourth-order valence-electron chi connectivity index (χ4n) is 2.26. The van der Waals surface area contributed by atoms with E-state index in [1.807, 2.05) is 42.5 Å². The molecule has 1 aliphatic rings. The molecule has 0 bridgehead atoms. The minimum absolute atomic E-state index is 0.0734. The molecule has 24 heavy (non-hydrogen) atoms. The zero-order valence-corrected chi connectivity index (χ0v) is 15.3. The lowest BCUT2D eigenvalue weighted by atomic mass is 10.2. The number of hydrogen-bond donors (Lipinski definition) is 0. The molecule has 1 heterocycles. The highest BCUT2D eigenvalue weighted by molar-refractivity contribution is 8.26. The molecule has 1 amide bonds. The van der Waals surface area contributed by atoms with Crippen LogP contribution in [0.1, 0.15) is 11.1 Å². The second-order valence-corrected chi connectivity index (χ2v) is 7.28. The third-order valence-electron chi connectivity index (χ3n) is 3.54. The summed E-state index contributed by atoms with van der Waals surface area (Å²) in [6.45, 7) is 0.451. The number of thiocarbonyl (C=S) groups is 1. The molecule has 1 fully saturated rings. The number of ether oxygens (including phenoxy) is 1. The van der Waals surface area contributed by atoms with Crippen LogP contribution in [0.4, 0.5) is 0 Å². The second kappa shape index (κ2) is 7.38. The number of halogens is 1. The van der Waals surface area contributed by atoms with Gasteiger partial charge < -0.3 is 4.74 Å². The molecule has 3 nitrogen and oxygen atoms in total. The molecule has 0 N–H and O–H groups in total. The molecule has 1 saturated heterocycles. The summed E-state index contributed by atoms with van der Waals surface area (Å²) in [6.07, 6.45) is 1.84. The summed E-state index contributed by atoms with van der Waals surface area (Å²) in [5.74, 6) is 0.711. The van der Waals surface area contributed by atoms with E-state index in [1.54, 1.807) is 24.1 Å². The van der Waals surface area contributed by atoms with Gasteiger partial charge in [0.25, 0.3) is 5.91 Å². The van der Waals surface area contributed by atoms with Gasteiger partial charge >= 0.3 is 0 Å². The minimum Gasteiger partial charge on any atom is -0.497 e. The van der Waals surface area contributed by atoms with Crippen molar-refractivity contribution in [2.75, 3.05) is 7.11 Å². The van der Waals surface area contributed by atoms with Crippen molar-refractivity contribution >= 4 is 51.9 Å². The fourth-order valence-corrected chi connectivity index (χ4v) is 3.64. The van der Waals surface area contributed by atoms with Gasteiger partial charge in [-0.3, -0.25) is 9.69 Å². The van der Waals surface area contributed by atoms with Crippen LogP contribution in [0.5, 0.6) is 5.75 Å². The maximum atomic E-state index is 12.6. The average molecular weight is 376 g/mol. The molecule has 3 rings (SSSR count). The standard InChI is InChI=1S/C18H14ClNO2S2/c1-22-15-8-4-13(5-9-15)11-20-17(21)16(24-18(20)23)10-12-2-6-14(19)7-3-12/h2-10H,11H2,1H3/b16-10-. The minimum atomic E-state index is -0.0734. The quantitative estimate of drug-likeness (QED) is 0.569.